The van der Waals surface area contributed by atoms with E-state index in [2.05, 4.69) is 14.4 Å². The second-order valence-electron chi connectivity index (χ2n) is 7.60. The summed E-state index contributed by atoms with van der Waals surface area (Å²) in [4.78, 5) is 32.6. The third-order valence-electron chi connectivity index (χ3n) is 5.25. The van der Waals surface area contributed by atoms with Crippen molar-refractivity contribution in [2.75, 3.05) is 20.8 Å². The first-order chi connectivity index (χ1) is 14.8. The first-order valence-corrected chi connectivity index (χ1v) is 11.2. The van der Waals surface area contributed by atoms with Gasteiger partial charge < -0.3 is 4.74 Å². The number of aromatic nitrogens is 1. The average Bonchev–Trinajstić information content (AvgIpc) is 3.26. The normalized spacial score (nSPS) is 23.1. The zero-order chi connectivity index (χ0) is 23.5. The largest absolute Gasteiger partial charge is 0.573 e. The molecule has 32 heavy (non-hydrogen) atoms. The van der Waals surface area contributed by atoms with E-state index in [9.17, 15) is 31.2 Å². The molecule has 1 N–H and O–H groups in total. The predicted molar refractivity (Wildman–Crippen MR) is 108 cm³/mol. The molecule has 1 spiro atoms. The first-order valence-electron chi connectivity index (χ1n) is 9.30. The van der Waals surface area contributed by atoms with Crippen LogP contribution in [0.1, 0.15) is 13.3 Å². The Morgan fingerprint density at radius 3 is 2.31 bits per heavy atom. The number of nitrogens with one attached hydrogen (secondary N) is 1. The number of rotatable bonds is 5. The number of anilines is 3. The molecule has 1 aromatic carbocycles. The number of nitrogens with zero attached hydrogens (tertiary/aromatic N) is 3. The second kappa shape index (κ2) is 7.08. The van der Waals surface area contributed by atoms with Crippen LogP contribution in [0, 0.1) is 5.92 Å². The SMILES string of the molecule is CC1CC12C(=O)N(c1ccc(OC(F)(F)F)cc1)C(=O)N2c1ccnc(NS(C)(=O)=O)c1. The molecule has 0 radical (unpaired) electrons. The van der Waals surface area contributed by atoms with E-state index in [1.807, 2.05) is 0 Å². The number of halogens is 3. The third kappa shape index (κ3) is 3.83. The number of pyridine rings is 1. The summed E-state index contributed by atoms with van der Waals surface area (Å²) < 4.78 is 66.3. The highest BCUT2D eigenvalue weighted by Gasteiger charge is 2.70. The van der Waals surface area contributed by atoms with Gasteiger partial charge in [0.1, 0.15) is 17.1 Å². The molecule has 2 aromatic rings. The summed E-state index contributed by atoms with van der Waals surface area (Å²) in [6, 6.07) is 6.48. The van der Waals surface area contributed by atoms with Crippen LogP contribution >= 0.6 is 0 Å². The van der Waals surface area contributed by atoms with E-state index in [-0.39, 0.29) is 23.1 Å². The number of hydrogen-bond donors (Lipinski definition) is 1. The minimum Gasteiger partial charge on any atom is -0.406 e. The molecule has 1 saturated carbocycles. The second-order valence-corrected chi connectivity index (χ2v) is 9.35. The fourth-order valence-corrected chi connectivity index (χ4v) is 4.33. The van der Waals surface area contributed by atoms with Crippen molar-refractivity contribution >= 4 is 39.2 Å². The van der Waals surface area contributed by atoms with E-state index in [1.54, 1.807) is 6.92 Å². The Hall–Kier alpha value is -3.35. The summed E-state index contributed by atoms with van der Waals surface area (Å²) in [5.41, 5.74) is -0.825. The molecule has 9 nitrogen and oxygen atoms in total. The van der Waals surface area contributed by atoms with Crippen LogP contribution in [0.25, 0.3) is 0 Å². The first kappa shape index (κ1) is 21.9. The van der Waals surface area contributed by atoms with Crippen molar-refractivity contribution < 1.29 is 35.9 Å². The summed E-state index contributed by atoms with van der Waals surface area (Å²) in [7, 11) is -3.62. The summed E-state index contributed by atoms with van der Waals surface area (Å²) in [6.45, 7) is 1.79. The van der Waals surface area contributed by atoms with Crippen LogP contribution in [0.5, 0.6) is 5.75 Å². The standard InChI is InChI=1S/C19H17F3N4O5S/c1-11-10-18(11)16(27)25(12-3-5-14(6-4-12)31-19(20,21)22)17(28)26(18)13-7-8-23-15(9-13)24-32(2,29)30/h3-9,11H,10H2,1-2H3,(H,23,24). The molecule has 2 aliphatic rings. The number of ether oxygens (including phenoxy) is 1. The molecule has 4 rings (SSSR count). The average molecular weight is 470 g/mol. The monoisotopic (exact) mass is 470 g/mol. The van der Waals surface area contributed by atoms with Gasteiger partial charge in [-0.05, 0) is 42.7 Å². The molecule has 1 aliphatic heterocycles. The van der Waals surface area contributed by atoms with Gasteiger partial charge in [-0.1, -0.05) is 6.92 Å². The number of urea groups is 1. The summed E-state index contributed by atoms with van der Waals surface area (Å²) in [5.74, 6) is -1.22. The van der Waals surface area contributed by atoms with E-state index in [0.29, 0.717) is 6.42 Å². The van der Waals surface area contributed by atoms with E-state index in [1.165, 1.54) is 35.4 Å². The van der Waals surface area contributed by atoms with Gasteiger partial charge in [-0.15, -0.1) is 13.2 Å². The van der Waals surface area contributed by atoms with Gasteiger partial charge in [-0.3, -0.25) is 14.4 Å². The van der Waals surface area contributed by atoms with Gasteiger partial charge in [0.25, 0.3) is 5.91 Å². The number of benzene rings is 1. The molecule has 2 unspecified atom stereocenters. The van der Waals surface area contributed by atoms with Gasteiger partial charge in [0.15, 0.2) is 0 Å². The van der Waals surface area contributed by atoms with E-state index >= 15 is 0 Å². The van der Waals surface area contributed by atoms with Gasteiger partial charge in [0.05, 0.1) is 17.6 Å². The Balaban J connectivity index is 1.69. The molecule has 1 aromatic heterocycles. The Morgan fingerprint density at radius 2 is 1.78 bits per heavy atom. The highest BCUT2D eigenvalue weighted by atomic mass is 32.2. The fourth-order valence-electron chi connectivity index (χ4n) is 3.83. The number of carbonyl (C=O) groups is 2. The van der Waals surface area contributed by atoms with E-state index in [4.69, 9.17) is 0 Å². The zero-order valence-corrected chi connectivity index (χ0v) is 17.6. The van der Waals surface area contributed by atoms with Crippen LogP contribution in [0.3, 0.4) is 0 Å². The Bertz CT molecular complexity index is 1200. The molecule has 2 atom stereocenters. The Labute approximate surface area is 180 Å². The number of sulfonamides is 1. The number of alkyl halides is 3. The van der Waals surface area contributed by atoms with Crippen molar-refractivity contribution in [3.8, 4) is 5.75 Å². The minimum atomic E-state index is -4.87. The lowest BCUT2D eigenvalue weighted by atomic mass is 10.1. The maximum atomic E-state index is 13.3. The van der Waals surface area contributed by atoms with Crippen LogP contribution in [0.2, 0.25) is 0 Å². The Morgan fingerprint density at radius 1 is 1.16 bits per heavy atom. The molecule has 3 amide bonds. The van der Waals surface area contributed by atoms with Gasteiger partial charge in [0.2, 0.25) is 10.0 Å². The molecule has 0 bridgehead atoms. The van der Waals surface area contributed by atoms with Crippen LogP contribution in [0.4, 0.5) is 35.2 Å². The Kier molecular flexibility index (Phi) is 4.84. The fraction of sp³-hybridized carbons (Fsp3) is 0.316. The van der Waals surface area contributed by atoms with E-state index < -0.39 is 39.6 Å². The lowest BCUT2D eigenvalue weighted by Gasteiger charge is -2.22. The topological polar surface area (TPSA) is 109 Å². The lowest BCUT2D eigenvalue weighted by molar-refractivity contribution is -0.274. The maximum Gasteiger partial charge on any atom is 0.573 e. The molecule has 1 saturated heterocycles. The van der Waals surface area contributed by atoms with Crippen molar-refractivity contribution in [3.63, 3.8) is 0 Å². The molecular formula is C19H17F3N4O5S. The molecule has 13 heteroatoms. The van der Waals surface area contributed by atoms with Crippen LogP contribution in [-0.4, -0.2) is 43.5 Å². The maximum absolute atomic E-state index is 13.3. The summed E-state index contributed by atoms with van der Waals surface area (Å²) >= 11 is 0. The lowest BCUT2D eigenvalue weighted by Crippen LogP contribution is -2.39. The highest BCUT2D eigenvalue weighted by molar-refractivity contribution is 7.92. The van der Waals surface area contributed by atoms with Crippen molar-refractivity contribution in [1.29, 1.82) is 0 Å². The van der Waals surface area contributed by atoms with Crippen molar-refractivity contribution in [1.82, 2.24) is 4.98 Å². The van der Waals surface area contributed by atoms with Gasteiger partial charge in [-0.2, -0.15) is 0 Å². The van der Waals surface area contributed by atoms with E-state index in [0.717, 1.165) is 23.3 Å². The van der Waals surface area contributed by atoms with Crippen LogP contribution < -0.4 is 19.3 Å². The summed E-state index contributed by atoms with van der Waals surface area (Å²) in [6.07, 6.45) is -2.25. The smallest absolute Gasteiger partial charge is 0.406 e. The molecule has 2 fully saturated rings. The minimum absolute atomic E-state index is 0.0270. The van der Waals surface area contributed by atoms with Crippen molar-refractivity contribution in [2.45, 2.75) is 25.2 Å². The third-order valence-corrected chi connectivity index (χ3v) is 5.83. The zero-order valence-electron chi connectivity index (χ0n) is 16.8. The molecule has 170 valence electrons. The molecule has 1 aliphatic carbocycles. The number of hydrogen-bond acceptors (Lipinski definition) is 6. The van der Waals surface area contributed by atoms with Crippen molar-refractivity contribution in [2.24, 2.45) is 5.92 Å². The van der Waals surface area contributed by atoms with Crippen LogP contribution in [-0.2, 0) is 14.8 Å². The predicted octanol–water partition coefficient (Wildman–Crippen LogP) is 3.10. The van der Waals surface area contributed by atoms with Crippen molar-refractivity contribution in [3.05, 3.63) is 42.6 Å². The number of carbonyl (C=O) groups excluding carboxylic acids is 2. The van der Waals surface area contributed by atoms with Gasteiger partial charge in [0, 0.05) is 12.3 Å². The number of imide groups is 1. The van der Waals surface area contributed by atoms with Gasteiger partial charge in [-0.25, -0.2) is 23.1 Å². The quantitative estimate of drug-likeness (QED) is 0.673. The van der Waals surface area contributed by atoms with Crippen LogP contribution in [0.15, 0.2) is 42.6 Å². The van der Waals surface area contributed by atoms with Gasteiger partial charge >= 0.3 is 12.4 Å². The highest BCUT2D eigenvalue weighted by Crippen LogP contribution is 2.55. The molecule has 2 heterocycles. The molecular weight excluding hydrogens is 453 g/mol. The summed E-state index contributed by atoms with van der Waals surface area (Å²) in [5, 5.41) is 0. The number of amides is 3.